The van der Waals surface area contributed by atoms with Gasteiger partial charge in [0.1, 0.15) is 24.9 Å². The molecule has 3 aromatic rings. The minimum atomic E-state index is -0.779. The summed E-state index contributed by atoms with van der Waals surface area (Å²) < 4.78 is 43.2. The van der Waals surface area contributed by atoms with Gasteiger partial charge in [0.05, 0.1) is 18.2 Å². The van der Waals surface area contributed by atoms with Crippen molar-refractivity contribution in [3.8, 4) is 11.4 Å². The highest BCUT2D eigenvalue weighted by molar-refractivity contribution is 5.77. The first-order valence-corrected chi connectivity index (χ1v) is 11.7. The number of rotatable bonds is 10. The van der Waals surface area contributed by atoms with Crippen LogP contribution in [0.15, 0.2) is 48.5 Å². The predicted molar refractivity (Wildman–Crippen MR) is 130 cm³/mol. The van der Waals surface area contributed by atoms with Gasteiger partial charge in [0.2, 0.25) is 5.91 Å². The molecule has 0 aliphatic heterocycles. The first-order chi connectivity index (χ1) is 17.0. The molecule has 0 radical (unpaired) electrons. The second kappa shape index (κ2) is 11.7. The zero-order chi connectivity index (χ0) is 26.5. The topological polar surface area (TPSA) is 97.3 Å². The first kappa shape index (κ1) is 27.3. The van der Waals surface area contributed by atoms with E-state index in [1.807, 2.05) is 51.1 Å². The third-order valence-corrected chi connectivity index (χ3v) is 5.82. The summed E-state index contributed by atoms with van der Waals surface area (Å²) in [6, 6.07) is 10.9. The molecule has 0 aliphatic rings. The predicted octanol–water partition coefficient (Wildman–Crippen LogP) is 3.87. The van der Waals surface area contributed by atoms with Gasteiger partial charge in [0.15, 0.2) is 11.6 Å². The molecule has 194 valence electrons. The minimum Gasteiger partial charge on any atom is -0.387 e. The highest BCUT2D eigenvalue weighted by Crippen LogP contribution is 2.39. The molecule has 0 spiro atoms. The molecular weight excluding hydrogens is 471 g/mol. The summed E-state index contributed by atoms with van der Waals surface area (Å²) in [5, 5.41) is 14.2. The summed E-state index contributed by atoms with van der Waals surface area (Å²) in [5.74, 6) is -1.64. The van der Waals surface area contributed by atoms with E-state index in [4.69, 9.17) is 5.73 Å². The fourth-order valence-corrected chi connectivity index (χ4v) is 4.08. The van der Waals surface area contributed by atoms with Gasteiger partial charge >= 0.3 is 0 Å². The van der Waals surface area contributed by atoms with Crippen molar-refractivity contribution in [2.45, 2.75) is 45.8 Å². The average Bonchev–Trinajstić information content (AvgIpc) is 3.24. The number of hydrogen-bond donors (Lipinski definition) is 2. The molecule has 0 fully saturated rings. The molecule has 0 saturated heterocycles. The summed E-state index contributed by atoms with van der Waals surface area (Å²) in [5.41, 5.74) is 5.89. The maximum atomic E-state index is 14.6. The Balaban J connectivity index is 2.18. The Bertz CT molecular complexity index is 1160. The number of nitrogens with zero attached hydrogens (tertiary/aromatic N) is 4. The van der Waals surface area contributed by atoms with Crippen LogP contribution in [0, 0.1) is 17.0 Å². The molecule has 2 unspecified atom stereocenters. The van der Waals surface area contributed by atoms with Gasteiger partial charge in [-0.25, -0.2) is 22.8 Å². The molecule has 7 nitrogen and oxygen atoms in total. The zero-order valence-electron chi connectivity index (χ0n) is 20.7. The smallest absolute Gasteiger partial charge is 0.248 e. The Morgan fingerprint density at radius 2 is 1.86 bits per heavy atom. The van der Waals surface area contributed by atoms with E-state index in [1.165, 1.54) is 4.90 Å². The zero-order valence-corrected chi connectivity index (χ0v) is 20.7. The van der Waals surface area contributed by atoms with E-state index in [1.54, 1.807) is 4.68 Å². The van der Waals surface area contributed by atoms with E-state index in [0.29, 0.717) is 5.82 Å². The van der Waals surface area contributed by atoms with Crippen molar-refractivity contribution in [1.29, 1.82) is 0 Å². The second-order valence-electron chi connectivity index (χ2n) is 9.78. The van der Waals surface area contributed by atoms with Gasteiger partial charge in [-0.15, -0.1) is 0 Å². The van der Waals surface area contributed by atoms with Gasteiger partial charge in [-0.2, -0.15) is 5.10 Å². The molecule has 1 amide bonds. The Morgan fingerprint density at radius 1 is 1.17 bits per heavy atom. The van der Waals surface area contributed by atoms with Crippen LogP contribution in [0.25, 0.3) is 11.4 Å². The number of nitrogens with two attached hydrogens (primary N) is 1. The van der Waals surface area contributed by atoms with Crippen LogP contribution >= 0.6 is 0 Å². The molecule has 2 aromatic carbocycles. The van der Waals surface area contributed by atoms with E-state index < -0.39 is 48.3 Å². The largest absolute Gasteiger partial charge is 0.387 e. The molecule has 1 aromatic heterocycles. The SMILES string of the molecule is CC(C)(C)C(c1nc(-c2cc(F)ccc2F)nn1Cc1ccccc1)N(CCC(N)CF)C(=O)CO. The molecular formula is C26H32F3N5O2. The standard InChI is InChI=1S/C26H32F3N5O2/c1-26(2,3)23(33(22(36)16-35)12-11-19(30)14-27)25-31-24(20-13-18(28)9-10-21(20)29)32-34(25)15-17-7-5-4-6-8-17/h4-10,13,19,23,35H,11-12,14-16,30H2,1-3H3. The van der Waals surface area contributed by atoms with Crippen LogP contribution in [0.4, 0.5) is 13.2 Å². The minimum absolute atomic E-state index is 0.0379. The average molecular weight is 504 g/mol. The van der Waals surface area contributed by atoms with E-state index in [0.717, 1.165) is 23.8 Å². The fraction of sp³-hybridized carbons (Fsp3) is 0.423. The van der Waals surface area contributed by atoms with Crippen LogP contribution in [0.1, 0.15) is 44.6 Å². The van der Waals surface area contributed by atoms with Crippen molar-refractivity contribution in [3.05, 3.63) is 71.6 Å². The van der Waals surface area contributed by atoms with Crippen LogP contribution in [-0.2, 0) is 11.3 Å². The van der Waals surface area contributed by atoms with Crippen molar-refractivity contribution in [2.24, 2.45) is 11.1 Å². The summed E-state index contributed by atoms with van der Waals surface area (Å²) >= 11 is 0. The van der Waals surface area contributed by atoms with Crippen molar-refractivity contribution in [3.63, 3.8) is 0 Å². The molecule has 36 heavy (non-hydrogen) atoms. The van der Waals surface area contributed by atoms with Crippen molar-refractivity contribution in [1.82, 2.24) is 19.7 Å². The number of aromatic nitrogens is 3. The maximum Gasteiger partial charge on any atom is 0.248 e. The van der Waals surface area contributed by atoms with Gasteiger partial charge in [-0.05, 0) is 35.6 Å². The summed E-state index contributed by atoms with van der Waals surface area (Å²) in [6.07, 6.45) is 0.160. The number of alkyl halides is 1. The molecule has 3 rings (SSSR count). The molecule has 0 saturated carbocycles. The number of aliphatic hydroxyl groups is 1. The molecule has 2 atom stereocenters. The van der Waals surface area contributed by atoms with Gasteiger partial charge in [0.25, 0.3) is 0 Å². The number of benzene rings is 2. The molecule has 3 N–H and O–H groups in total. The lowest BCUT2D eigenvalue weighted by Gasteiger charge is -2.39. The van der Waals surface area contributed by atoms with Gasteiger partial charge < -0.3 is 15.7 Å². The summed E-state index contributed by atoms with van der Waals surface area (Å²) in [7, 11) is 0. The monoisotopic (exact) mass is 503 g/mol. The quantitative estimate of drug-likeness (QED) is 0.438. The van der Waals surface area contributed by atoms with Crippen molar-refractivity contribution >= 4 is 5.91 Å². The normalized spacial score (nSPS) is 13.4. The third-order valence-electron chi connectivity index (χ3n) is 5.82. The van der Waals surface area contributed by atoms with Crippen LogP contribution in [0.2, 0.25) is 0 Å². The molecule has 1 heterocycles. The third kappa shape index (κ3) is 6.50. The van der Waals surface area contributed by atoms with Crippen molar-refractivity contribution in [2.75, 3.05) is 19.8 Å². The maximum absolute atomic E-state index is 14.6. The van der Waals surface area contributed by atoms with Crippen molar-refractivity contribution < 1.29 is 23.1 Å². The van der Waals surface area contributed by atoms with Crippen LogP contribution in [-0.4, -0.2) is 56.5 Å². The summed E-state index contributed by atoms with van der Waals surface area (Å²) in [4.78, 5) is 18.9. The Morgan fingerprint density at radius 3 is 2.47 bits per heavy atom. The molecule has 10 heteroatoms. The number of amides is 1. The lowest BCUT2D eigenvalue weighted by molar-refractivity contribution is -0.139. The highest BCUT2D eigenvalue weighted by Gasteiger charge is 2.39. The second-order valence-corrected chi connectivity index (χ2v) is 9.78. The van der Waals surface area contributed by atoms with Gasteiger partial charge in [-0.3, -0.25) is 4.79 Å². The lowest BCUT2D eigenvalue weighted by Crippen LogP contribution is -2.45. The molecule has 0 aliphatic carbocycles. The number of halogens is 3. The van der Waals surface area contributed by atoms with Gasteiger partial charge in [-0.1, -0.05) is 51.1 Å². The van der Waals surface area contributed by atoms with E-state index in [2.05, 4.69) is 10.1 Å². The molecule has 0 bridgehead atoms. The first-order valence-electron chi connectivity index (χ1n) is 11.7. The lowest BCUT2D eigenvalue weighted by atomic mass is 9.84. The number of aliphatic hydroxyl groups excluding tert-OH is 1. The Hall–Kier alpha value is -3.24. The van der Waals surface area contributed by atoms with Crippen LogP contribution in [0.5, 0.6) is 0 Å². The summed E-state index contributed by atoms with van der Waals surface area (Å²) in [6.45, 7) is 4.44. The fourth-order valence-electron chi connectivity index (χ4n) is 4.08. The highest BCUT2D eigenvalue weighted by atomic mass is 19.1. The van der Waals surface area contributed by atoms with E-state index in [9.17, 15) is 23.1 Å². The Kier molecular flexibility index (Phi) is 8.86. The van der Waals surface area contributed by atoms with E-state index >= 15 is 0 Å². The number of carbonyl (C=O) groups is 1. The van der Waals surface area contributed by atoms with Crippen LogP contribution in [0.3, 0.4) is 0 Å². The van der Waals surface area contributed by atoms with E-state index in [-0.39, 0.29) is 30.9 Å². The van der Waals surface area contributed by atoms with Gasteiger partial charge in [0, 0.05) is 12.6 Å². The number of carbonyl (C=O) groups excluding carboxylic acids is 1. The number of hydrogen-bond acceptors (Lipinski definition) is 5. The Labute approximate surface area is 208 Å². The van der Waals surface area contributed by atoms with Crippen LogP contribution < -0.4 is 5.73 Å².